The van der Waals surface area contributed by atoms with Crippen LogP contribution in [0.1, 0.15) is 84.3 Å². The molecule has 0 aromatic heterocycles. The minimum atomic E-state index is -4.66. The molecule has 3 aliphatic rings. The summed E-state index contributed by atoms with van der Waals surface area (Å²) in [5.74, 6) is -0.459. The summed E-state index contributed by atoms with van der Waals surface area (Å²) in [7, 11) is 0. The van der Waals surface area contributed by atoms with Gasteiger partial charge in [0.15, 0.2) is 12.2 Å². The summed E-state index contributed by atoms with van der Waals surface area (Å²) < 4.78 is 53.6. The van der Waals surface area contributed by atoms with Crippen molar-refractivity contribution in [3.8, 4) is 0 Å². The Morgan fingerprint density at radius 3 is 2.26 bits per heavy atom. The molecule has 218 valence electrons. The van der Waals surface area contributed by atoms with Gasteiger partial charge in [-0.25, -0.2) is 4.79 Å². The smallest absolute Gasteiger partial charge is 0.421 e. The highest BCUT2D eigenvalue weighted by Crippen LogP contribution is 2.55. The van der Waals surface area contributed by atoms with Gasteiger partial charge in [0.2, 0.25) is 0 Å². The second kappa shape index (κ2) is 11.5. The van der Waals surface area contributed by atoms with Crippen molar-refractivity contribution in [2.45, 2.75) is 97.1 Å². The van der Waals surface area contributed by atoms with E-state index < -0.39 is 29.1 Å². The molecule has 0 spiro atoms. The maximum absolute atomic E-state index is 12.6. The molecule has 2 aliphatic carbocycles. The quantitative estimate of drug-likeness (QED) is 0.337. The van der Waals surface area contributed by atoms with Gasteiger partial charge in [-0.05, 0) is 63.5 Å². The van der Waals surface area contributed by atoms with E-state index in [4.69, 9.17) is 14.2 Å². The van der Waals surface area contributed by atoms with E-state index in [9.17, 15) is 32.7 Å². The van der Waals surface area contributed by atoms with Crippen LogP contribution >= 0.6 is 0 Å². The van der Waals surface area contributed by atoms with Crippen LogP contribution in [0.5, 0.6) is 0 Å². The lowest BCUT2D eigenvalue weighted by Gasteiger charge is -2.27. The van der Waals surface area contributed by atoms with E-state index in [0.29, 0.717) is 12.3 Å². The number of rotatable bonds is 8. The van der Waals surface area contributed by atoms with Gasteiger partial charge in [-0.3, -0.25) is 9.59 Å². The number of fused-ring (bicyclic) bond motifs is 1. The van der Waals surface area contributed by atoms with Crippen molar-refractivity contribution in [1.29, 1.82) is 0 Å². The van der Waals surface area contributed by atoms with Gasteiger partial charge in [-0.15, -0.1) is 0 Å². The Morgan fingerprint density at radius 1 is 1.10 bits per heavy atom. The number of halogens is 3. The fourth-order valence-corrected chi connectivity index (χ4v) is 5.25. The van der Waals surface area contributed by atoms with Gasteiger partial charge < -0.3 is 19.3 Å². The maximum Gasteiger partial charge on any atom is 0.421 e. The van der Waals surface area contributed by atoms with Gasteiger partial charge in [0.25, 0.3) is 0 Å². The molecule has 7 atom stereocenters. The van der Waals surface area contributed by atoms with Crippen molar-refractivity contribution < 1.29 is 46.9 Å². The normalized spacial score (nSPS) is 27.6. The third kappa shape index (κ3) is 6.42. The Labute approximate surface area is 227 Å². The van der Waals surface area contributed by atoms with Crippen LogP contribution in [-0.4, -0.2) is 48.0 Å². The number of carbonyl (C=O) groups excluding carboxylic acids is 3. The minimum Gasteiger partial charge on any atom is -0.458 e. The first kappa shape index (κ1) is 30.9. The maximum atomic E-state index is 12.6. The van der Waals surface area contributed by atoms with Crippen LogP contribution in [-0.2, 0) is 34.2 Å². The predicted molar refractivity (Wildman–Crippen MR) is 135 cm³/mol. The second-order valence-corrected chi connectivity index (χ2v) is 11.7. The first-order chi connectivity index (χ1) is 18.0. The summed E-state index contributed by atoms with van der Waals surface area (Å²) in [5, 5.41) is 9.48. The zero-order valence-electron chi connectivity index (χ0n) is 23.3. The third-order valence-electron chi connectivity index (χ3n) is 8.65. The van der Waals surface area contributed by atoms with Crippen LogP contribution in [0.3, 0.4) is 0 Å². The number of aliphatic hydroxyl groups is 1. The first-order valence-electron chi connectivity index (χ1n) is 13.5. The Hall–Kier alpha value is -2.62. The molecule has 10 heteroatoms. The third-order valence-corrected chi connectivity index (χ3v) is 8.65. The highest BCUT2D eigenvalue weighted by Gasteiger charge is 2.63. The zero-order chi connectivity index (χ0) is 29.3. The van der Waals surface area contributed by atoms with E-state index in [1.54, 1.807) is 26.0 Å². The average Bonchev–Trinajstić information content (AvgIpc) is 3.52. The van der Waals surface area contributed by atoms with Gasteiger partial charge in [0.1, 0.15) is 12.2 Å². The molecule has 0 radical (unpaired) electrons. The summed E-state index contributed by atoms with van der Waals surface area (Å²) in [5.41, 5.74) is -2.55. The van der Waals surface area contributed by atoms with Crippen molar-refractivity contribution >= 4 is 17.9 Å². The van der Waals surface area contributed by atoms with Crippen molar-refractivity contribution in [2.24, 2.45) is 23.2 Å². The van der Waals surface area contributed by atoms with Crippen LogP contribution in [0.2, 0.25) is 0 Å². The number of alkyl halides is 3. The second-order valence-electron chi connectivity index (χ2n) is 11.7. The standard InChI is InChI=1S/C16H22O6.C13H17F3O/c1-4-16(2,3)15(19)20-7-11(17)21-12-8-5-9-10(6-8)14(18)22-13(9)12;1-4-9(2)10-5-7-11(8-6-10)12(3,17)13(14,15)16/h8-10,12-13H,4-7H2,1-3H3;5-9,17H,4H2,1-3H3. The lowest BCUT2D eigenvalue weighted by molar-refractivity contribution is -0.258. The summed E-state index contributed by atoms with van der Waals surface area (Å²) in [6.07, 6.45) is -2.17. The van der Waals surface area contributed by atoms with E-state index in [0.717, 1.165) is 31.7 Å². The topological polar surface area (TPSA) is 99.1 Å². The van der Waals surface area contributed by atoms with Crippen LogP contribution in [0.25, 0.3) is 0 Å². The van der Waals surface area contributed by atoms with Crippen molar-refractivity contribution in [2.75, 3.05) is 6.61 Å². The molecule has 1 saturated heterocycles. The first-order valence-corrected chi connectivity index (χ1v) is 13.5. The van der Waals surface area contributed by atoms with Crippen LogP contribution in [0, 0.1) is 23.2 Å². The van der Waals surface area contributed by atoms with E-state index in [2.05, 4.69) is 0 Å². The summed E-state index contributed by atoms with van der Waals surface area (Å²) >= 11 is 0. The molecule has 3 fully saturated rings. The van der Waals surface area contributed by atoms with Crippen molar-refractivity contribution in [1.82, 2.24) is 0 Å². The van der Waals surface area contributed by atoms with E-state index in [1.807, 2.05) is 20.8 Å². The molecule has 7 unspecified atom stereocenters. The monoisotopic (exact) mass is 556 g/mol. The largest absolute Gasteiger partial charge is 0.458 e. The van der Waals surface area contributed by atoms with E-state index in [-0.39, 0.29) is 48.1 Å². The number of hydrogen-bond acceptors (Lipinski definition) is 7. The molecule has 2 bridgehead atoms. The number of ether oxygens (including phenoxy) is 3. The Bertz CT molecular complexity index is 1050. The SMILES string of the molecule is CCC(C)(C)C(=O)OCC(=O)OC1C2CC3C(=O)OC1C3C2.CCC(C)c1ccc(C(C)(O)C(F)(F)F)cc1. The molecule has 39 heavy (non-hydrogen) atoms. The molecule has 1 N–H and O–H groups in total. The zero-order valence-corrected chi connectivity index (χ0v) is 23.3. The molecular weight excluding hydrogens is 517 g/mol. The Balaban J connectivity index is 0.000000224. The highest BCUT2D eigenvalue weighted by atomic mass is 19.4. The summed E-state index contributed by atoms with van der Waals surface area (Å²) in [4.78, 5) is 35.4. The highest BCUT2D eigenvalue weighted by molar-refractivity contribution is 5.80. The summed E-state index contributed by atoms with van der Waals surface area (Å²) in [6.45, 7) is 9.84. The molecule has 1 aromatic carbocycles. The van der Waals surface area contributed by atoms with E-state index >= 15 is 0 Å². The molecule has 2 saturated carbocycles. The Kier molecular flexibility index (Phi) is 9.09. The minimum absolute atomic E-state index is 0.00636. The van der Waals surface area contributed by atoms with Crippen molar-refractivity contribution in [3.05, 3.63) is 35.4 Å². The van der Waals surface area contributed by atoms with Gasteiger partial charge in [-0.2, -0.15) is 13.2 Å². The number of hydrogen-bond donors (Lipinski definition) is 1. The van der Waals surface area contributed by atoms with Gasteiger partial charge in [0, 0.05) is 11.8 Å². The predicted octanol–water partition coefficient (Wildman–Crippen LogP) is 5.43. The number of benzene rings is 1. The Morgan fingerprint density at radius 2 is 1.72 bits per heavy atom. The average molecular weight is 557 g/mol. The number of carbonyl (C=O) groups is 3. The molecule has 1 heterocycles. The lowest BCUT2D eigenvalue weighted by atomic mass is 9.88. The van der Waals surface area contributed by atoms with Gasteiger partial charge in [-0.1, -0.05) is 45.0 Å². The van der Waals surface area contributed by atoms with Crippen LogP contribution in [0.15, 0.2) is 24.3 Å². The van der Waals surface area contributed by atoms with Gasteiger partial charge >= 0.3 is 24.1 Å². The molecule has 0 amide bonds. The van der Waals surface area contributed by atoms with Gasteiger partial charge in [0.05, 0.1) is 11.3 Å². The molecular formula is C29H39F3O7. The van der Waals surface area contributed by atoms with Crippen LogP contribution < -0.4 is 0 Å². The molecule has 1 aromatic rings. The van der Waals surface area contributed by atoms with Crippen molar-refractivity contribution in [3.63, 3.8) is 0 Å². The molecule has 1 aliphatic heterocycles. The summed E-state index contributed by atoms with van der Waals surface area (Å²) in [6, 6.07) is 5.97. The lowest BCUT2D eigenvalue weighted by Crippen LogP contribution is -2.39. The number of esters is 3. The fraction of sp³-hybridized carbons (Fsp3) is 0.690. The van der Waals surface area contributed by atoms with E-state index in [1.165, 1.54) is 12.1 Å². The molecule has 4 rings (SSSR count). The molecule has 7 nitrogen and oxygen atoms in total. The van der Waals surface area contributed by atoms with Crippen LogP contribution in [0.4, 0.5) is 13.2 Å². The fourth-order valence-electron chi connectivity index (χ4n) is 5.25.